The van der Waals surface area contributed by atoms with Gasteiger partial charge in [0.05, 0.1) is 6.61 Å². The number of hydrogen-bond acceptors (Lipinski definition) is 3. The third-order valence-electron chi connectivity index (χ3n) is 3.82. The molecule has 1 aliphatic carbocycles. The topological polar surface area (TPSA) is 24.5 Å². The van der Waals surface area contributed by atoms with Crippen molar-refractivity contribution in [1.29, 1.82) is 0 Å². The van der Waals surface area contributed by atoms with Crippen LogP contribution in [0.2, 0.25) is 0 Å². The number of methoxy groups -OCH3 is 1. The molecule has 2 unspecified atom stereocenters. The summed E-state index contributed by atoms with van der Waals surface area (Å²) in [5.41, 5.74) is 0. The first kappa shape index (κ1) is 11.4. The van der Waals surface area contributed by atoms with Crippen LogP contribution < -0.4 is 5.32 Å². The van der Waals surface area contributed by atoms with Crippen LogP contribution >= 0.6 is 0 Å². The Morgan fingerprint density at radius 1 is 1.40 bits per heavy atom. The summed E-state index contributed by atoms with van der Waals surface area (Å²) < 4.78 is 5.27. The van der Waals surface area contributed by atoms with Crippen molar-refractivity contribution in [2.75, 3.05) is 33.9 Å². The Labute approximate surface area is 93.2 Å². The summed E-state index contributed by atoms with van der Waals surface area (Å²) in [6.07, 6.45) is 5.50. The molecule has 2 aliphatic rings. The number of likely N-dealkylation sites (tertiary alicyclic amines) is 1. The average molecular weight is 212 g/mol. The molecule has 0 aromatic heterocycles. The fraction of sp³-hybridized carbons (Fsp3) is 1.00. The lowest BCUT2D eigenvalue weighted by Crippen LogP contribution is -2.43. The third kappa shape index (κ3) is 3.16. The van der Waals surface area contributed by atoms with E-state index in [0.717, 1.165) is 25.1 Å². The van der Waals surface area contributed by atoms with Crippen LogP contribution in [-0.4, -0.2) is 50.8 Å². The second kappa shape index (κ2) is 5.28. The van der Waals surface area contributed by atoms with Gasteiger partial charge in [-0.15, -0.1) is 0 Å². The lowest BCUT2D eigenvalue weighted by atomic mass is 10.1. The molecule has 1 N–H and O–H groups in total. The van der Waals surface area contributed by atoms with Crippen LogP contribution in [-0.2, 0) is 4.74 Å². The van der Waals surface area contributed by atoms with Gasteiger partial charge in [-0.3, -0.25) is 0 Å². The Hall–Kier alpha value is -0.120. The number of nitrogens with one attached hydrogen (secondary N) is 1. The van der Waals surface area contributed by atoms with Crippen LogP contribution in [0.5, 0.6) is 0 Å². The van der Waals surface area contributed by atoms with Crippen LogP contribution in [0.25, 0.3) is 0 Å². The predicted molar refractivity (Wildman–Crippen MR) is 62.0 cm³/mol. The maximum Gasteiger partial charge on any atom is 0.0618 e. The molecule has 2 fully saturated rings. The Kier molecular flexibility index (Phi) is 4.00. The molecule has 0 aromatic carbocycles. The molecular weight excluding hydrogens is 188 g/mol. The van der Waals surface area contributed by atoms with Crippen molar-refractivity contribution in [2.45, 2.75) is 37.8 Å². The Morgan fingerprint density at radius 3 is 2.73 bits per heavy atom. The summed E-state index contributed by atoms with van der Waals surface area (Å²) in [5, 5.41) is 3.69. The molecule has 0 aromatic rings. The number of rotatable bonds is 6. The summed E-state index contributed by atoms with van der Waals surface area (Å²) in [4.78, 5) is 2.48. The predicted octanol–water partition coefficient (Wildman–Crippen LogP) is 1.10. The maximum absolute atomic E-state index is 5.27. The van der Waals surface area contributed by atoms with Gasteiger partial charge < -0.3 is 15.0 Å². The van der Waals surface area contributed by atoms with Crippen molar-refractivity contribution in [3.63, 3.8) is 0 Å². The van der Waals surface area contributed by atoms with E-state index in [-0.39, 0.29) is 0 Å². The molecule has 2 rings (SSSR count). The van der Waals surface area contributed by atoms with Crippen LogP contribution in [0, 0.1) is 5.92 Å². The van der Waals surface area contributed by atoms with E-state index < -0.39 is 0 Å². The molecule has 3 heteroatoms. The fourth-order valence-electron chi connectivity index (χ4n) is 2.56. The minimum absolute atomic E-state index is 0.601. The first-order chi connectivity index (χ1) is 7.31. The largest absolute Gasteiger partial charge is 0.383 e. The minimum Gasteiger partial charge on any atom is -0.383 e. The zero-order valence-electron chi connectivity index (χ0n) is 10.0. The second-order valence-electron chi connectivity index (χ2n) is 5.08. The molecule has 88 valence electrons. The van der Waals surface area contributed by atoms with E-state index in [4.69, 9.17) is 4.74 Å². The zero-order chi connectivity index (χ0) is 10.7. The number of likely N-dealkylation sites (N-methyl/N-ethyl adjacent to an activating group) is 1. The summed E-state index contributed by atoms with van der Waals surface area (Å²) in [7, 11) is 4.04. The molecule has 3 nitrogen and oxygen atoms in total. The van der Waals surface area contributed by atoms with E-state index >= 15 is 0 Å². The van der Waals surface area contributed by atoms with Gasteiger partial charge in [0.1, 0.15) is 0 Å². The van der Waals surface area contributed by atoms with Crippen molar-refractivity contribution in [2.24, 2.45) is 5.92 Å². The smallest absolute Gasteiger partial charge is 0.0618 e. The van der Waals surface area contributed by atoms with Crippen molar-refractivity contribution < 1.29 is 4.74 Å². The van der Waals surface area contributed by atoms with Crippen LogP contribution in [0.15, 0.2) is 0 Å². The Balaban J connectivity index is 1.70. The van der Waals surface area contributed by atoms with Gasteiger partial charge in [-0.05, 0) is 45.2 Å². The zero-order valence-corrected chi connectivity index (χ0v) is 10.0. The van der Waals surface area contributed by atoms with Gasteiger partial charge >= 0.3 is 0 Å². The van der Waals surface area contributed by atoms with E-state index in [2.05, 4.69) is 17.3 Å². The highest BCUT2D eigenvalue weighted by molar-refractivity contribution is 4.88. The number of nitrogens with zero attached hydrogens (tertiary/aromatic N) is 1. The minimum atomic E-state index is 0.601. The van der Waals surface area contributed by atoms with Crippen molar-refractivity contribution in [3.8, 4) is 0 Å². The molecule has 0 spiro atoms. The van der Waals surface area contributed by atoms with Gasteiger partial charge in [-0.25, -0.2) is 0 Å². The van der Waals surface area contributed by atoms with Crippen LogP contribution in [0.4, 0.5) is 0 Å². The van der Waals surface area contributed by atoms with Gasteiger partial charge in [0, 0.05) is 25.7 Å². The number of hydrogen-bond donors (Lipinski definition) is 1. The first-order valence-corrected chi connectivity index (χ1v) is 6.24. The van der Waals surface area contributed by atoms with E-state index in [1.165, 1.54) is 32.2 Å². The summed E-state index contributed by atoms with van der Waals surface area (Å²) >= 11 is 0. The Bertz CT molecular complexity index is 194. The molecule has 1 heterocycles. The monoisotopic (exact) mass is 212 g/mol. The molecule has 2 atom stereocenters. The van der Waals surface area contributed by atoms with Crippen molar-refractivity contribution in [3.05, 3.63) is 0 Å². The second-order valence-corrected chi connectivity index (χ2v) is 5.08. The van der Waals surface area contributed by atoms with E-state index in [1.807, 2.05) is 0 Å². The highest BCUT2D eigenvalue weighted by atomic mass is 16.5. The number of ether oxygens (including phenoxy) is 1. The van der Waals surface area contributed by atoms with Gasteiger partial charge in [0.25, 0.3) is 0 Å². The van der Waals surface area contributed by atoms with Crippen LogP contribution in [0.3, 0.4) is 0 Å². The van der Waals surface area contributed by atoms with Crippen LogP contribution in [0.1, 0.15) is 25.7 Å². The van der Waals surface area contributed by atoms with Gasteiger partial charge in [-0.1, -0.05) is 0 Å². The van der Waals surface area contributed by atoms with Crippen molar-refractivity contribution in [1.82, 2.24) is 10.2 Å². The maximum atomic E-state index is 5.27. The average Bonchev–Trinajstić information content (AvgIpc) is 2.98. The van der Waals surface area contributed by atoms with E-state index in [9.17, 15) is 0 Å². The molecule has 0 bridgehead atoms. The van der Waals surface area contributed by atoms with E-state index in [0.29, 0.717) is 6.04 Å². The molecule has 1 aliphatic heterocycles. The molecule has 15 heavy (non-hydrogen) atoms. The van der Waals surface area contributed by atoms with Gasteiger partial charge in [0.2, 0.25) is 0 Å². The molecule has 0 radical (unpaired) electrons. The lowest BCUT2D eigenvalue weighted by Gasteiger charge is -2.24. The van der Waals surface area contributed by atoms with Crippen molar-refractivity contribution >= 4 is 0 Å². The summed E-state index contributed by atoms with van der Waals surface area (Å²) in [6, 6.07) is 1.35. The normalized spacial score (nSPS) is 29.6. The molecular formula is C12H24N2O. The molecule has 0 amide bonds. The standard InChI is InChI=1S/C12H24N2O/c1-14-7-3-4-11(14)8-13-12(9-15-2)10-5-6-10/h10-13H,3-9H2,1-2H3. The first-order valence-electron chi connectivity index (χ1n) is 6.24. The lowest BCUT2D eigenvalue weighted by molar-refractivity contribution is 0.152. The fourth-order valence-corrected chi connectivity index (χ4v) is 2.56. The summed E-state index contributed by atoms with van der Waals surface area (Å²) in [6.45, 7) is 3.28. The highest BCUT2D eigenvalue weighted by Crippen LogP contribution is 2.32. The molecule has 1 saturated heterocycles. The van der Waals surface area contributed by atoms with Gasteiger partial charge in [-0.2, -0.15) is 0 Å². The summed E-state index contributed by atoms with van der Waals surface area (Å²) in [5.74, 6) is 0.886. The van der Waals surface area contributed by atoms with Gasteiger partial charge in [0.15, 0.2) is 0 Å². The highest BCUT2D eigenvalue weighted by Gasteiger charge is 2.31. The Morgan fingerprint density at radius 2 is 2.20 bits per heavy atom. The quantitative estimate of drug-likeness (QED) is 0.713. The third-order valence-corrected chi connectivity index (χ3v) is 3.82. The SMILES string of the molecule is COCC(NCC1CCCN1C)C1CC1. The van der Waals surface area contributed by atoms with E-state index in [1.54, 1.807) is 7.11 Å². The molecule has 1 saturated carbocycles.